The molecule has 1 aliphatic heterocycles. The molecule has 1 N–H and O–H groups in total. The van der Waals surface area contributed by atoms with Crippen LogP contribution >= 0.6 is 0 Å². The van der Waals surface area contributed by atoms with Crippen molar-refractivity contribution < 1.29 is 13.2 Å². The lowest BCUT2D eigenvalue weighted by molar-refractivity contribution is 0.0945. The summed E-state index contributed by atoms with van der Waals surface area (Å²) in [6.45, 7) is 7.20. The van der Waals surface area contributed by atoms with Crippen LogP contribution in [-0.2, 0) is 9.84 Å². The highest BCUT2D eigenvalue weighted by Crippen LogP contribution is 2.42. The monoisotopic (exact) mass is 367 g/mol. The van der Waals surface area contributed by atoms with Gasteiger partial charge in [-0.15, -0.1) is 0 Å². The number of aromatic nitrogens is 2. The minimum atomic E-state index is -2.97. The van der Waals surface area contributed by atoms with E-state index in [4.69, 9.17) is 0 Å². The zero-order valence-electron chi connectivity index (χ0n) is 15.4. The molecule has 1 aliphatic carbocycles. The predicted molar refractivity (Wildman–Crippen MR) is 97.5 cm³/mol. The summed E-state index contributed by atoms with van der Waals surface area (Å²) in [5.41, 5.74) is 1.71. The third-order valence-corrected chi connectivity index (χ3v) is 6.69. The van der Waals surface area contributed by atoms with Crippen LogP contribution in [0.5, 0.6) is 0 Å². The minimum absolute atomic E-state index is 0.122. The highest BCUT2D eigenvalue weighted by molar-refractivity contribution is 7.91. The molecule has 7 heteroatoms. The lowest BCUT2D eigenvalue weighted by Crippen LogP contribution is -2.26. The zero-order chi connectivity index (χ0) is 18.2. The molecule has 1 amide bonds. The molecule has 25 heavy (non-hydrogen) atoms. The summed E-state index contributed by atoms with van der Waals surface area (Å²) in [5.74, 6) is 0.630. The molecule has 2 aliphatic rings. The average Bonchev–Trinajstić information content (AvgIpc) is 3.14. The van der Waals surface area contributed by atoms with Crippen LogP contribution in [0.15, 0.2) is 6.07 Å². The molecule has 1 aromatic rings. The number of carbonyl (C=O) groups is 1. The van der Waals surface area contributed by atoms with Gasteiger partial charge in [0.25, 0.3) is 5.91 Å². The van der Waals surface area contributed by atoms with Crippen molar-refractivity contribution in [3.63, 3.8) is 0 Å². The standard InChI is InChI=1S/C18H29N3O3S/c1-18(2,3)8-4-9-19-17(22)15-11-16(13-5-6-13)21(20-15)14-7-10-25(23,24)12-14/h11,13-14H,4-10,12H2,1-3H3,(H,19,22). The molecule has 0 radical (unpaired) electrons. The number of nitrogens with one attached hydrogen (secondary N) is 1. The van der Waals surface area contributed by atoms with Crippen LogP contribution in [0.25, 0.3) is 0 Å². The van der Waals surface area contributed by atoms with E-state index in [0.717, 1.165) is 31.4 Å². The van der Waals surface area contributed by atoms with E-state index < -0.39 is 9.84 Å². The molecule has 140 valence electrons. The van der Waals surface area contributed by atoms with Gasteiger partial charge in [0, 0.05) is 18.2 Å². The van der Waals surface area contributed by atoms with Crippen LogP contribution in [0.4, 0.5) is 0 Å². The SMILES string of the molecule is CC(C)(C)CCCNC(=O)c1cc(C2CC2)n(C2CCS(=O)(=O)C2)n1. The first-order valence-corrected chi connectivity index (χ1v) is 11.0. The van der Waals surface area contributed by atoms with E-state index in [9.17, 15) is 13.2 Å². The number of amides is 1. The van der Waals surface area contributed by atoms with Gasteiger partial charge >= 0.3 is 0 Å². The summed E-state index contributed by atoms with van der Waals surface area (Å²) in [6, 6.07) is 1.74. The second kappa shape index (κ2) is 6.74. The van der Waals surface area contributed by atoms with E-state index in [1.165, 1.54) is 0 Å². The fourth-order valence-electron chi connectivity index (χ4n) is 3.38. The Hall–Kier alpha value is -1.37. The van der Waals surface area contributed by atoms with Crippen LogP contribution in [-0.4, -0.2) is 42.2 Å². The van der Waals surface area contributed by atoms with Crippen LogP contribution in [0.2, 0.25) is 0 Å². The number of carbonyl (C=O) groups excluding carboxylic acids is 1. The molecule has 3 rings (SSSR count). The van der Waals surface area contributed by atoms with Gasteiger partial charge in [-0.05, 0) is 43.6 Å². The lowest BCUT2D eigenvalue weighted by atomic mass is 9.91. The molecule has 1 saturated heterocycles. The maximum absolute atomic E-state index is 12.4. The molecular weight excluding hydrogens is 338 g/mol. The quantitative estimate of drug-likeness (QED) is 0.784. The Morgan fingerprint density at radius 3 is 2.60 bits per heavy atom. The van der Waals surface area contributed by atoms with Crippen molar-refractivity contribution >= 4 is 15.7 Å². The molecule has 2 fully saturated rings. The molecule has 0 bridgehead atoms. The van der Waals surface area contributed by atoms with Gasteiger partial charge in [0.15, 0.2) is 9.84 Å². The normalized spacial score (nSPS) is 22.9. The number of rotatable bonds is 6. The Morgan fingerprint density at radius 2 is 2.04 bits per heavy atom. The summed E-state index contributed by atoms with van der Waals surface area (Å²) < 4.78 is 25.4. The van der Waals surface area contributed by atoms with Crippen LogP contribution < -0.4 is 5.32 Å². The Kier molecular flexibility index (Phi) is 4.97. The number of hydrogen-bond donors (Lipinski definition) is 1. The highest BCUT2D eigenvalue weighted by atomic mass is 32.2. The molecule has 6 nitrogen and oxygen atoms in total. The third kappa shape index (κ3) is 4.84. The summed E-state index contributed by atoms with van der Waals surface area (Å²) in [7, 11) is -2.97. The van der Waals surface area contributed by atoms with Gasteiger partial charge < -0.3 is 5.32 Å². The first kappa shape index (κ1) is 18.4. The molecule has 1 unspecified atom stereocenters. The Bertz CT molecular complexity index is 742. The molecule has 1 atom stereocenters. The second-order valence-electron chi connectivity index (χ2n) is 8.65. The van der Waals surface area contributed by atoms with Crippen LogP contribution in [0, 0.1) is 5.41 Å². The van der Waals surface area contributed by atoms with Crippen molar-refractivity contribution in [1.82, 2.24) is 15.1 Å². The van der Waals surface area contributed by atoms with Gasteiger partial charge in [0.2, 0.25) is 0 Å². The number of nitrogens with zero attached hydrogens (tertiary/aromatic N) is 2. The van der Waals surface area contributed by atoms with Crippen molar-refractivity contribution in [2.45, 2.75) is 64.8 Å². The van der Waals surface area contributed by atoms with Crippen LogP contribution in [0.3, 0.4) is 0 Å². The van der Waals surface area contributed by atoms with Crippen molar-refractivity contribution in [3.05, 3.63) is 17.5 Å². The molecular formula is C18H29N3O3S. The van der Waals surface area contributed by atoms with Gasteiger partial charge in [-0.1, -0.05) is 20.8 Å². The van der Waals surface area contributed by atoms with E-state index in [1.807, 2.05) is 10.7 Å². The van der Waals surface area contributed by atoms with E-state index in [2.05, 4.69) is 31.2 Å². The van der Waals surface area contributed by atoms with Crippen LogP contribution in [0.1, 0.15) is 81.0 Å². The molecule has 2 heterocycles. The van der Waals surface area contributed by atoms with Gasteiger partial charge in [0.1, 0.15) is 5.69 Å². The predicted octanol–water partition coefficient (Wildman–Crippen LogP) is 2.68. The summed E-state index contributed by atoms with van der Waals surface area (Å²) in [4.78, 5) is 12.4. The lowest BCUT2D eigenvalue weighted by Gasteiger charge is -2.17. The third-order valence-electron chi connectivity index (χ3n) is 4.94. The van der Waals surface area contributed by atoms with Gasteiger partial charge in [-0.3, -0.25) is 9.48 Å². The van der Waals surface area contributed by atoms with E-state index >= 15 is 0 Å². The fraction of sp³-hybridized carbons (Fsp3) is 0.778. The van der Waals surface area contributed by atoms with E-state index in [-0.39, 0.29) is 28.9 Å². The summed E-state index contributed by atoms with van der Waals surface area (Å²) >= 11 is 0. The number of hydrogen-bond acceptors (Lipinski definition) is 4. The summed E-state index contributed by atoms with van der Waals surface area (Å²) in [6.07, 6.45) is 4.77. The fourth-order valence-corrected chi connectivity index (χ4v) is 5.07. The maximum atomic E-state index is 12.4. The Labute approximate surface area is 150 Å². The first-order chi connectivity index (χ1) is 11.6. The maximum Gasteiger partial charge on any atom is 0.271 e. The average molecular weight is 368 g/mol. The minimum Gasteiger partial charge on any atom is -0.351 e. The topological polar surface area (TPSA) is 81.1 Å². The molecule has 1 saturated carbocycles. The van der Waals surface area contributed by atoms with Crippen molar-refractivity contribution in [2.75, 3.05) is 18.1 Å². The Morgan fingerprint density at radius 1 is 1.32 bits per heavy atom. The first-order valence-electron chi connectivity index (χ1n) is 9.23. The van der Waals surface area contributed by atoms with Crippen molar-refractivity contribution in [2.24, 2.45) is 5.41 Å². The van der Waals surface area contributed by atoms with E-state index in [0.29, 0.717) is 24.6 Å². The van der Waals surface area contributed by atoms with Gasteiger partial charge in [-0.2, -0.15) is 5.10 Å². The largest absolute Gasteiger partial charge is 0.351 e. The highest BCUT2D eigenvalue weighted by Gasteiger charge is 2.36. The zero-order valence-corrected chi connectivity index (χ0v) is 16.2. The Balaban J connectivity index is 1.66. The summed E-state index contributed by atoms with van der Waals surface area (Å²) in [5, 5.41) is 7.43. The molecule has 0 aromatic carbocycles. The van der Waals surface area contributed by atoms with Gasteiger partial charge in [-0.25, -0.2) is 8.42 Å². The molecule has 1 aromatic heterocycles. The number of sulfone groups is 1. The van der Waals surface area contributed by atoms with Gasteiger partial charge in [0.05, 0.1) is 17.5 Å². The van der Waals surface area contributed by atoms with E-state index in [1.54, 1.807) is 0 Å². The second-order valence-corrected chi connectivity index (χ2v) is 10.9. The van der Waals surface area contributed by atoms with Crippen molar-refractivity contribution in [1.29, 1.82) is 0 Å². The molecule has 0 spiro atoms. The smallest absolute Gasteiger partial charge is 0.271 e. The van der Waals surface area contributed by atoms with Crippen molar-refractivity contribution in [3.8, 4) is 0 Å².